The standard InChI is InChI=1S/C10H15NO5S2/c1-2-18(14,15)11-6-10(7-11)17(12,13)8-9-4-3-5-16-9/h3-5,10H,2,6-8H2,1H3. The third-order valence-electron chi connectivity index (χ3n) is 3.00. The first-order valence-electron chi connectivity index (χ1n) is 5.57. The van der Waals surface area contributed by atoms with E-state index in [4.69, 9.17) is 4.42 Å². The number of sulfone groups is 1. The van der Waals surface area contributed by atoms with Crippen LogP contribution in [0.25, 0.3) is 0 Å². The van der Waals surface area contributed by atoms with E-state index in [-0.39, 0.29) is 24.6 Å². The van der Waals surface area contributed by atoms with E-state index < -0.39 is 25.1 Å². The van der Waals surface area contributed by atoms with Crippen molar-refractivity contribution in [3.8, 4) is 0 Å². The van der Waals surface area contributed by atoms with Crippen molar-refractivity contribution in [2.75, 3.05) is 18.8 Å². The molecule has 0 spiro atoms. The molecule has 1 aliphatic heterocycles. The van der Waals surface area contributed by atoms with Crippen LogP contribution in [-0.4, -0.2) is 45.2 Å². The molecule has 1 fully saturated rings. The van der Waals surface area contributed by atoms with E-state index in [1.165, 1.54) is 10.6 Å². The third-order valence-corrected chi connectivity index (χ3v) is 6.82. The van der Waals surface area contributed by atoms with Crippen LogP contribution in [0.1, 0.15) is 12.7 Å². The van der Waals surface area contributed by atoms with Gasteiger partial charge < -0.3 is 4.42 Å². The number of furan rings is 1. The molecule has 6 nitrogen and oxygen atoms in total. The lowest BCUT2D eigenvalue weighted by Gasteiger charge is -2.37. The molecule has 0 atom stereocenters. The Morgan fingerprint density at radius 2 is 2.00 bits per heavy atom. The lowest BCUT2D eigenvalue weighted by atomic mass is 10.3. The van der Waals surface area contributed by atoms with Gasteiger partial charge in [-0.1, -0.05) is 0 Å². The first-order chi connectivity index (χ1) is 8.35. The van der Waals surface area contributed by atoms with Crippen LogP contribution in [0.4, 0.5) is 0 Å². The smallest absolute Gasteiger partial charge is 0.213 e. The van der Waals surface area contributed by atoms with Crippen LogP contribution in [0.5, 0.6) is 0 Å². The normalized spacial score (nSPS) is 18.7. The van der Waals surface area contributed by atoms with Crippen LogP contribution < -0.4 is 0 Å². The van der Waals surface area contributed by atoms with Crippen molar-refractivity contribution in [3.05, 3.63) is 24.2 Å². The zero-order valence-electron chi connectivity index (χ0n) is 9.94. The second-order valence-corrected chi connectivity index (χ2v) is 8.76. The summed E-state index contributed by atoms with van der Waals surface area (Å²) in [6, 6.07) is 3.22. The minimum atomic E-state index is -3.35. The van der Waals surface area contributed by atoms with Gasteiger partial charge in [-0.05, 0) is 19.1 Å². The minimum absolute atomic E-state index is 0.00203. The molecule has 0 amide bonds. The molecule has 8 heteroatoms. The van der Waals surface area contributed by atoms with E-state index in [1.807, 2.05) is 0 Å². The van der Waals surface area contributed by atoms with Crippen LogP contribution in [0.15, 0.2) is 22.8 Å². The molecule has 0 N–H and O–H groups in total. The summed E-state index contributed by atoms with van der Waals surface area (Å²) in [4.78, 5) is 0. The third kappa shape index (κ3) is 2.60. The van der Waals surface area contributed by atoms with Gasteiger partial charge in [0.05, 0.1) is 17.3 Å². The summed E-state index contributed by atoms with van der Waals surface area (Å²) in [7, 11) is -6.62. The van der Waals surface area contributed by atoms with Crippen LogP contribution in [0.2, 0.25) is 0 Å². The molecule has 0 aromatic carbocycles. The fraction of sp³-hybridized carbons (Fsp3) is 0.600. The Labute approximate surface area is 107 Å². The van der Waals surface area contributed by atoms with Crippen LogP contribution in [-0.2, 0) is 25.6 Å². The summed E-state index contributed by atoms with van der Waals surface area (Å²) in [5.41, 5.74) is 0. The Morgan fingerprint density at radius 1 is 1.33 bits per heavy atom. The summed E-state index contributed by atoms with van der Waals surface area (Å²) < 4.78 is 53.1. The Hall–Kier alpha value is -0.860. The number of hydrogen-bond donors (Lipinski definition) is 0. The second-order valence-electron chi connectivity index (χ2n) is 4.23. The van der Waals surface area contributed by atoms with Crippen LogP contribution >= 0.6 is 0 Å². The van der Waals surface area contributed by atoms with Gasteiger partial charge in [-0.15, -0.1) is 0 Å². The second kappa shape index (κ2) is 4.67. The molecule has 0 bridgehead atoms. The number of hydrogen-bond acceptors (Lipinski definition) is 5. The quantitative estimate of drug-likeness (QED) is 0.776. The molecule has 1 aromatic heterocycles. The molecule has 2 rings (SSSR count). The van der Waals surface area contributed by atoms with Gasteiger partial charge in [0.2, 0.25) is 10.0 Å². The highest BCUT2D eigenvalue weighted by Gasteiger charge is 2.42. The van der Waals surface area contributed by atoms with Crippen molar-refractivity contribution in [2.45, 2.75) is 17.9 Å². The van der Waals surface area contributed by atoms with Gasteiger partial charge in [0.1, 0.15) is 11.5 Å². The molecular weight excluding hydrogens is 278 g/mol. The van der Waals surface area contributed by atoms with E-state index >= 15 is 0 Å². The lowest BCUT2D eigenvalue weighted by molar-refractivity contribution is 0.309. The Balaban J connectivity index is 1.99. The van der Waals surface area contributed by atoms with Crippen molar-refractivity contribution < 1.29 is 21.3 Å². The summed E-state index contributed by atoms with van der Waals surface area (Å²) in [6.45, 7) is 1.65. The molecule has 102 valence electrons. The highest BCUT2D eigenvalue weighted by atomic mass is 32.2. The summed E-state index contributed by atoms with van der Waals surface area (Å²) >= 11 is 0. The molecule has 2 heterocycles. The van der Waals surface area contributed by atoms with Gasteiger partial charge in [0.15, 0.2) is 9.84 Å². The lowest BCUT2D eigenvalue weighted by Crippen LogP contribution is -2.57. The van der Waals surface area contributed by atoms with Gasteiger partial charge in [0, 0.05) is 13.1 Å². The monoisotopic (exact) mass is 293 g/mol. The highest BCUT2D eigenvalue weighted by molar-refractivity contribution is 7.92. The van der Waals surface area contributed by atoms with Crippen molar-refractivity contribution in [3.63, 3.8) is 0 Å². The molecule has 1 aromatic rings. The van der Waals surface area contributed by atoms with E-state index in [9.17, 15) is 16.8 Å². The number of sulfonamides is 1. The molecule has 1 saturated heterocycles. The molecule has 0 aliphatic carbocycles. The van der Waals surface area contributed by atoms with Gasteiger partial charge in [-0.25, -0.2) is 16.8 Å². The zero-order valence-corrected chi connectivity index (χ0v) is 11.6. The SMILES string of the molecule is CCS(=O)(=O)N1CC(S(=O)(=O)Cc2ccco2)C1. The minimum Gasteiger partial charge on any atom is -0.468 e. The van der Waals surface area contributed by atoms with Crippen molar-refractivity contribution in [2.24, 2.45) is 0 Å². The van der Waals surface area contributed by atoms with E-state index in [2.05, 4.69) is 0 Å². The Kier molecular flexibility index (Phi) is 3.52. The fourth-order valence-corrected chi connectivity index (χ4v) is 4.73. The number of rotatable bonds is 5. The Bertz CT molecular complexity index is 597. The largest absolute Gasteiger partial charge is 0.468 e. The molecule has 0 radical (unpaired) electrons. The summed E-state index contributed by atoms with van der Waals surface area (Å²) in [5.74, 6) is 0.203. The zero-order chi connectivity index (χ0) is 13.4. The summed E-state index contributed by atoms with van der Waals surface area (Å²) in [5, 5.41) is -0.621. The van der Waals surface area contributed by atoms with Crippen molar-refractivity contribution in [1.29, 1.82) is 0 Å². The highest BCUT2D eigenvalue weighted by Crippen LogP contribution is 2.23. The van der Waals surface area contributed by atoms with Gasteiger partial charge in [-0.2, -0.15) is 4.31 Å². The topological polar surface area (TPSA) is 84.7 Å². The maximum Gasteiger partial charge on any atom is 0.213 e. The first-order valence-corrected chi connectivity index (χ1v) is 8.89. The van der Waals surface area contributed by atoms with Crippen molar-refractivity contribution >= 4 is 19.9 Å². The maximum absolute atomic E-state index is 12.0. The fourth-order valence-electron chi connectivity index (χ4n) is 1.75. The van der Waals surface area contributed by atoms with Gasteiger partial charge in [-0.3, -0.25) is 0 Å². The first kappa shape index (κ1) is 13.6. The van der Waals surface area contributed by atoms with E-state index in [1.54, 1.807) is 19.1 Å². The molecule has 1 aliphatic rings. The van der Waals surface area contributed by atoms with Gasteiger partial charge in [0.25, 0.3) is 0 Å². The van der Waals surface area contributed by atoms with Crippen molar-refractivity contribution in [1.82, 2.24) is 4.31 Å². The molecule has 0 unspecified atom stereocenters. The molecular formula is C10H15NO5S2. The predicted octanol–water partition coefficient (Wildman–Crippen LogP) is 0.228. The van der Waals surface area contributed by atoms with E-state index in [0.717, 1.165) is 0 Å². The predicted molar refractivity (Wildman–Crippen MR) is 66.2 cm³/mol. The van der Waals surface area contributed by atoms with E-state index in [0.29, 0.717) is 5.76 Å². The van der Waals surface area contributed by atoms with Crippen LogP contribution in [0, 0.1) is 0 Å². The molecule has 0 saturated carbocycles. The number of nitrogens with zero attached hydrogens (tertiary/aromatic N) is 1. The Morgan fingerprint density at radius 3 is 2.50 bits per heavy atom. The summed E-state index contributed by atoms with van der Waals surface area (Å²) in [6.07, 6.45) is 1.42. The maximum atomic E-state index is 12.0. The average molecular weight is 293 g/mol. The van der Waals surface area contributed by atoms with Gasteiger partial charge >= 0.3 is 0 Å². The average Bonchev–Trinajstić information content (AvgIpc) is 2.66. The molecule has 18 heavy (non-hydrogen) atoms. The van der Waals surface area contributed by atoms with Crippen LogP contribution in [0.3, 0.4) is 0 Å².